The third-order valence-electron chi connectivity index (χ3n) is 5.55. The van der Waals surface area contributed by atoms with E-state index in [1.807, 2.05) is 47.4 Å². The van der Waals surface area contributed by atoms with Crippen LogP contribution in [0.4, 0.5) is 0 Å². The second kappa shape index (κ2) is 10.0. The van der Waals surface area contributed by atoms with E-state index in [1.165, 1.54) is 17.3 Å². The molecule has 0 aliphatic carbocycles. The second-order valence-corrected chi connectivity index (χ2v) is 9.21. The van der Waals surface area contributed by atoms with Crippen molar-refractivity contribution in [2.75, 3.05) is 38.5 Å². The van der Waals surface area contributed by atoms with Crippen molar-refractivity contribution in [1.82, 2.24) is 20.0 Å². The van der Waals surface area contributed by atoms with Gasteiger partial charge in [-0.15, -0.1) is 10.2 Å². The molecule has 1 fully saturated rings. The Hall–Kier alpha value is -2.75. The number of carbonyl (C=O) groups excluding carboxylic acids is 1. The molecular weight excluding hydrogens is 464 g/mol. The number of nitrogens with zero attached hydrogens (tertiary/aromatic N) is 4. The monoisotopic (exact) mass is 486 g/mol. The van der Waals surface area contributed by atoms with Gasteiger partial charge in [-0.25, -0.2) is 0 Å². The maximum Gasteiger partial charge on any atom is 0.277 e. The number of amides is 1. The standard InChI is InChI=1S/C23H23ClN4O4S/c24-17-5-3-4-16(12-17)13-27-8-10-28(11-9-27)21(29)15-33-23-26-25-22(32-23)20-14-30-18-6-1-2-7-19(18)31-20/h1-7,12,20H,8-11,13-15H2. The van der Waals surface area contributed by atoms with Crippen molar-refractivity contribution in [3.8, 4) is 11.5 Å². The molecule has 33 heavy (non-hydrogen) atoms. The van der Waals surface area contributed by atoms with Gasteiger partial charge in [-0.3, -0.25) is 9.69 Å². The Morgan fingerprint density at radius 2 is 1.88 bits per heavy atom. The fraction of sp³-hybridized carbons (Fsp3) is 0.348. The van der Waals surface area contributed by atoms with E-state index in [4.69, 9.17) is 25.5 Å². The van der Waals surface area contributed by atoms with Gasteiger partial charge in [-0.1, -0.05) is 47.6 Å². The molecule has 1 saturated heterocycles. The Labute approximate surface area is 200 Å². The van der Waals surface area contributed by atoms with Gasteiger partial charge < -0.3 is 18.8 Å². The zero-order valence-corrected chi connectivity index (χ0v) is 19.4. The number of hydrogen-bond donors (Lipinski definition) is 0. The average molecular weight is 487 g/mol. The van der Waals surface area contributed by atoms with Crippen LogP contribution >= 0.6 is 23.4 Å². The first-order chi connectivity index (χ1) is 16.1. The van der Waals surface area contributed by atoms with E-state index >= 15 is 0 Å². The fourth-order valence-electron chi connectivity index (χ4n) is 3.81. The van der Waals surface area contributed by atoms with Crippen LogP contribution in [0, 0.1) is 0 Å². The molecule has 1 unspecified atom stereocenters. The topological polar surface area (TPSA) is 80.9 Å². The lowest BCUT2D eigenvalue weighted by molar-refractivity contribution is -0.130. The third kappa shape index (κ3) is 5.43. The molecule has 2 aliphatic heterocycles. The largest absolute Gasteiger partial charge is 0.485 e. The van der Waals surface area contributed by atoms with Gasteiger partial charge in [-0.2, -0.15) is 0 Å². The van der Waals surface area contributed by atoms with Crippen molar-refractivity contribution in [3.05, 3.63) is 65.0 Å². The van der Waals surface area contributed by atoms with E-state index < -0.39 is 6.10 Å². The van der Waals surface area contributed by atoms with Gasteiger partial charge in [0.1, 0.15) is 6.61 Å². The number of benzene rings is 2. The summed E-state index contributed by atoms with van der Waals surface area (Å²) in [6.07, 6.45) is -0.468. The van der Waals surface area contributed by atoms with E-state index in [2.05, 4.69) is 21.2 Å². The second-order valence-electron chi connectivity index (χ2n) is 7.85. The summed E-state index contributed by atoms with van der Waals surface area (Å²) in [6, 6.07) is 15.3. The zero-order valence-electron chi connectivity index (χ0n) is 17.9. The van der Waals surface area contributed by atoms with E-state index in [0.717, 1.165) is 24.7 Å². The van der Waals surface area contributed by atoms with Crippen LogP contribution in [-0.2, 0) is 11.3 Å². The maximum atomic E-state index is 12.7. The lowest BCUT2D eigenvalue weighted by Crippen LogP contribution is -2.48. The van der Waals surface area contributed by atoms with Crippen LogP contribution in [0.3, 0.4) is 0 Å². The van der Waals surface area contributed by atoms with Crippen LogP contribution in [0.25, 0.3) is 0 Å². The molecule has 0 radical (unpaired) electrons. The molecule has 2 aliphatic rings. The summed E-state index contributed by atoms with van der Waals surface area (Å²) in [6.45, 7) is 4.17. The highest BCUT2D eigenvalue weighted by Gasteiger charge is 2.28. The summed E-state index contributed by atoms with van der Waals surface area (Å²) < 4.78 is 17.3. The van der Waals surface area contributed by atoms with Gasteiger partial charge in [0.15, 0.2) is 11.5 Å². The average Bonchev–Trinajstić information content (AvgIpc) is 3.32. The first-order valence-electron chi connectivity index (χ1n) is 10.7. The summed E-state index contributed by atoms with van der Waals surface area (Å²) in [5.74, 6) is 2.00. The Morgan fingerprint density at radius 1 is 1.06 bits per heavy atom. The highest BCUT2D eigenvalue weighted by Crippen LogP contribution is 2.36. The summed E-state index contributed by atoms with van der Waals surface area (Å²) in [5, 5.41) is 9.22. The molecule has 3 aromatic rings. The van der Waals surface area contributed by atoms with Crippen molar-refractivity contribution in [3.63, 3.8) is 0 Å². The predicted octanol–water partition coefficient (Wildman–Crippen LogP) is 3.67. The van der Waals surface area contributed by atoms with Gasteiger partial charge >= 0.3 is 0 Å². The Morgan fingerprint density at radius 3 is 2.70 bits per heavy atom. The van der Waals surface area contributed by atoms with Crippen LogP contribution in [0.15, 0.2) is 58.2 Å². The minimum absolute atomic E-state index is 0.0633. The van der Waals surface area contributed by atoms with Gasteiger partial charge in [0.25, 0.3) is 11.1 Å². The van der Waals surface area contributed by atoms with Gasteiger partial charge in [0, 0.05) is 37.7 Å². The number of rotatable bonds is 6. The minimum Gasteiger partial charge on any atom is -0.485 e. The van der Waals surface area contributed by atoms with E-state index in [0.29, 0.717) is 42.3 Å². The molecular formula is C23H23ClN4O4S. The molecule has 5 rings (SSSR count). The molecule has 0 bridgehead atoms. The van der Waals surface area contributed by atoms with Crippen molar-refractivity contribution in [2.24, 2.45) is 0 Å². The molecule has 0 spiro atoms. The van der Waals surface area contributed by atoms with Gasteiger partial charge in [0.05, 0.1) is 5.75 Å². The van der Waals surface area contributed by atoms with E-state index in [1.54, 1.807) is 0 Å². The number of carbonyl (C=O) groups is 1. The summed E-state index contributed by atoms with van der Waals surface area (Å²) in [5.41, 5.74) is 1.18. The lowest BCUT2D eigenvalue weighted by Gasteiger charge is -2.34. The third-order valence-corrected chi connectivity index (χ3v) is 6.58. The Balaban J connectivity index is 1.08. The first-order valence-corrected chi connectivity index (χ1v) is 12.1. The predicted molar refractivity (Wildman–Crippen MR) is 124 cm³/mol. The molecule has 1 aromatic heterocycles. The van der Waals surface area contributed by atoms with Crippen molar-refractivity contribution in [2.45, 2.75) is 17.9 Å². The van der Waals surface area contributed by atoms with Crippen LogP contribution < -0.4 is 9.47 Å². The summed E-state index contributed by atoms with van der Waals surface area (Å²) in [7, 11) is 0. The van der Waals surface area contributed by atoms with Gasteiger partial charge in [-0.05, 0) is 29.8 Å². The Kier molecular flexibility index (Phi) is 6.70. The highest BCUT2D eigenvalue weighted by atomic mass is 35.5. The number of para-hydroxylation sites is 2. The number of thioether (sulfide) groups is 1. The Bertz CT molecular complexity index is 1120. The highest BCUT2D eigenvalue weighted by molar-refractivity contribution is 7.99. The number of hydrogen-bond acceptors (Lipinski definition) is 8. The van der Waals surface area contributed by atoms with E-state index in [9.17, 15) is 4.79 Å². The van der Waals surface area contributed by atoms with Crippen molar-refractivity contribution in [1.29, 1.82) is 0 Å². The zero-order chi connectivity index (χ0) is 22.6. The molecule has 8 nitrogen and oxygen atoms in total. The molecule has 0 N–H and O–H groups in total. The number of aromatic nitrogens is 2. The number of halogens is 1. The van der Waals surface area contributed by atoms with E-state index in [-0.39, 0.29) is 11.7 Å². The smallest absolute Gasteiger partial charge is 0.277 e. The number of piperazine rings is 1. The molecule has 1 atom stereocenters. The minimum atomic E-state index is -0.468. The maximum absolute atomic E-state index is 12.7. The quantitative estimate of drug-likeness (QED) is 0.488. The van der Waals surface area contributed by atoms with Crippen molar-refractivity contribution < 1.29 is 18.7 Å². The summed E-state index contributed by atoms with van der Waals surface area (Å²) in [4.78, 5) is 16.9. The molecule has 2 aromatic carbocycles. The normalized spacial score (nSPS) is 18.3. The van der Waals surface area contributed by atoms with Crippen molar-refractivity contribution >= 4 is 29.3 Å². The SMILES string of the molecule is O=C(CSc1nnc(C2COc3ccccc3O2)o1)N1CCN(Cc2cccc(Cl)c2)CC1. The van der Waals surface area contributed by atoms with Crippen LogP contribution in [-0.4, -0.2) is 64.4 Å². The van der Waals surface area contributed by atoms with Crippen LogP contribution in [0.2, 0.25) is 5.02 Å². The number of fused-ring (bicyclic) bond motifs is 1. The van der Waals surface area contributed by atoms with Crippen LogP contribution in [0.1, 0.15) is 17.6 Å². The molecule has 3 heterocycles. The molecule has 10 heteroatoms. The molecule has 0 saturated carbocycles. The lowest BCUT2D eigenvalue weighted by atomic mass is 10.2. The molecule has 1 amide bonds. The number of ether oxygens (including phenoxy) is 2. The first kappa shape index (κ1) is 22.1. The van der Waals surface area contributed by atoms with Gasteiger partial charge in [0.2, 0.25) is 12.0 Å². The molecule has 172 valence electrons. The fourth-order valence-corrected chi connectivity index (χ4v) is 4.70. The van der Waals surface area contributed by atoms with Crippen LogP contribution in [0.5, 0.6) is 11.5 Å². The summed E-state index contributed by atoms with van der Waals surface area (Å²) >= 11 is 7.32.